The Bertz CT molecular complexity index is 103. The predicted molar refractivity (Wildman–Crippen MR) is 36.8 cm³/mol. The normalized spacial score (nSPS) is 34.8. The van der Waals surface area contributed by atoms with Gasteiger partial charge < -0.3 is 0 Å². The number of hydrogen-bond donors (Lipinski definition) is 0. The number of allylic oxidation sites excluding steroid dienone is 2. The molecule has 0 heteroatoms. The summed E-state index contributed by atoms with van der Waals surface area (Å²) in [5.74, 6) is 0. The fraction of sp³-hybridized carbons (Fsp3) is 0.750. The van der Waals surface area contributed by atoms with Crippen LogP contribution >= 0.6 is 0 Å². The molecule has 0 aromatic heterocycles. The molecular weight excluding hydrogens is 96.1 g/mol. The van der Waals surface area contributed by atoms with E-state index in [0.717, 1.165) is 0 Å². The van der Waals surface area contributed by atoms with E-state index in [1.54, 1.807) is 0 Å². The van der Waals surface area contributed by atoms with E-state index in [1.165, 1.54) is 19.3 Å². The maximum Gasteiger partial charge on any atom is -0.0112 e. The van der Waals surface area contributed by atoms with Crippen LogP contribution in [0, 0.1) is 5.41 Å². The first kappa shape index (κ1) is 5.87. The van der Waals surface area contributed by atoms with Crippen molar-refractivity contribution in [2.45, 2.75) is 33.1 Å². The quantitative estimate of drug-likeness (QED) is 0.479. The van der Waals surface area contributed by atoms with E-state index in [9.17, 15) is 0 Å². The number of hydrogen-bond acceptors (Lipinski definition) is 0. The minimum Gasteiger partial charge on any atom is -0.0871 e. The molecule has 0 nitrogen and oxygen atoms in total. The lowest BCUT2D eigenvalue weighted by atomic mass is 9.75. The van der Waals surface area contributed by atoms with Crippen molar-refractivity contribution >= 4 is 0 Å². The zero-order chi connectivity index (χ0) is 6.04. The molecule has 0 heterocycles. The largest absolute Gasteiger partial charge is 0.0871 e. The minimum atomic E-state index is 0.592. The van der Waals surface area contributed by atoms with Crippen molar-refractivity contribution in [1.82, 2.24) is 0 Å². The third-order valence-electron chi connectivity index (χ3n) is 1.93. The van der Waals surface area contributed by atoms with Crippen LogP contribution in [0.3, 0.4) is 0 Å². The Morgan fingerprint density at radius 3 is 2.38 bits per heavy atom. The maximum absolute atomic E-state index is 2.33. The first-order chi connectivity index (χ1) is 3.77. The second kappa shape index (κ2) is 1.93. The SMILES string of the molecule is CCCC1(C)C=CC1. The predicted octanol–water partition coefficient (Wildman–Crippen LogP) is 2.75. The van der Waals surface area contributed by atoms with Gasteiger partial charge in [0.1, 0.15) is 0 Å². The van der Waals surface area contributed by atoms with Crippen LogP contribution in [0.15, 0.2) is 12.2 Å². The second-order valence-corrected chi connectivity index (χ2v) is 3.01. The van der Waals surface area contributed by atoms with E-state index in [-0.39, 0.29) is 0 Å². The van der Waals surface area contributed by atoms with Crippen molar-refractivity contribution in [2.24, 2.45) is 5.41 Å². The Hall–Kier alpha value is -0.260. The van der Waals surface area contributed by atoms with Crippen LogP contribution in [-0.2, 0) is 0 Å². The molecule has 46 valence electrons. The van der Waals surface area contributed by atoms with Gasteiger partial charge in [0.2, 0.25) is 0 Å². The van der Waals surface area contributed by atoms with Gasteiger partial charge in [0.25, 0.3) is 0 Å². The lowest BCUT2D eigenvalue weighted by molar-refractivity contribution is 0.356. The summed E-state index contributed by atoms with van der Waals surface area (Å²) in [6.07, 6.45) is 8.58. The van der Waals surface area contributed by atoms with Crippen LogP contribution in [-0.4, -0.2) is 0 Å². The van der Waals surface area contributed by atoms with Gasteiger partial charge in [-0.05, 0) is 18.3 Å². The van der Waals surface area contributed by atoms with Crippen LogP contribution in [0.2, 0.25) is 0 Å². The fourth-order valence-electron chi connectivity index (χ4n) is 1.28. The molecule has 0 radical (unpaired) electrons. The van der Waals surface area contributed by atoms with Gasteiger partial charge in [0.15, 0.2) is 0 Å². The molecule has 0 saturated heterocycles. The topological polar surface area (TPSA) is 0 Å². The van der Waals surface area contributed by atoms with E-state index in [2.05, 4.69) is 26.0 Å². The zero-order valence-corrected chi connectivity index (χ0v) is 5.78. The summed E-state index contributed by atoms with van der Waals surface area (Å²) in [7, 11) is 0. The molecule has 1 aliphatic carbocycles. The third-order valence-corrected chi connectivity index (χ3v) is 1.93. The monoisotopic (exact) mass is 110 g/mol. The highest BCUT2D eigenvalue weighted by Gasteiger charge is 2.23. The lowest BCUT2D eigenvalue weighted by Crippen LogP contribution is -2.17. The van der Waals surface area contributed by atoms with Gasteiger partial charge in [-0.1, -0.05) is 32.4 Å². The Morgan fingerprint density at radius 2 is 2.25 bits per heavy atom. The highest BCUT2D eigenvalue weighted by atomic mass is 14.3. The van der Waals surface area contributed by atoms with Crippen LogP contribution in [0.1, 0.15) is 33.1 Å². The summed E-state index contributed by atoms with van der Waals surface area (Å²) in [5.41, 5.74) is 0.592. The third kappa shape index (κ3) is 0.936. The molecule has 8 heavy (non-hydrogen) atoms. The Kier molecular flexibility index (Phi) is 1.41. The van der Waals surface area contributed by atoms with Gasteiger partial charge in [0, 0.05) is 0 Å². The van der Waals surface area contributed by atoms with Crippen LogP contribution in [0.25, 0.3) is 0 Å². The average molecular weight is 110 g/mol. The molecule has 0 spiro atoms. The van der Waals surface area contributed by atoms with Gasteiger partial charge in [-0.3, -0.25) is 0 Å². The van der Waals surface area contributed by atoms with E-state index in [0.29, 0.717) is 5.41 Å². The molecule has 0 aromatic carbocycles. The highest BCUT2D eigenvalue weighted by molar-refractivity contribution is 5.10. The number of rotatable bonds is 2. The first-order valence-electron chi connectivity index (χ1n) is 3.44. The van der Waals surface area contributed by atoms with Gasteiger partial charge in [-0.2, -0.15) is 0 Å². The second-order valence-electron chi connectivity index (χ2n) is 3.01. The Balaban J connectivity index is 2.32. The van der Waals surface area contributed by atoms with Crippen molar-refractivity contribution in [3.63, 3.8) is 0 Å². The van der Waals surface area contributed by atoms with Gasteiger partial charge in [-0.15, -0.1) is 0 Å². The Labute approximate surface area is 51.6 Å². The molecule has 0 N–H and O–H groups in total. The van der Waals surface area contributed by atoms with E-state index in [4.69, 9.17) is 0 Å². The van der Waals surface area contributed by atoms with Crippen LogP contribution in [0.4, 0.5) is 0 Å². The molecule has 0 saturated carbocycles. The molecule has 0 amide bonds. The Morgan fingerprint density at radius 1 is 1.62 bits per heavy atom. The smallest absolute Gasteiger partial charge is 0.0112 e. The summed E-state index contributed by atoms with van der Waals surface area (Å²) in [6.45, 7) is 4.58. The van der Waals surface area contributed by atoms with E-state index in [1.807, 2.05) is 0 Å². The molecule has 0 fully saturated rings. The summed E-state index contributed by atoms with van der Waals surface area (Å²) in [4.78, 5) is 0. The minimum absolute atomic E-state index is 0.592. The first-order valence-corrected chi connectivity index (χ1v) is 3.44. The maximum atomic E-state index is 2.33. The molecular formula is C8H14. The lowest BCUT2D eigenvalue weighted by Gasteiger charge is -2.30. The van der Waals surface area contributed by atoms with Crippen LogP contribution in [0.5, 0.6) is 0 Å². The molecule has 1 unspecified atom stereocenters. The standard InChI is InChI=1S/C8H14/c1-3-5-8(2)6-4-7-8/h4,6H,3,5,7H2,1-2H3. The van der Waals surface area contributed by atoms with Gasteiger partial charge >= 0.3 is 0 Å². The highest BCUT2D eigenvalue weighted by Crippen LogP contribution is 2.36. The molecule has 1 rings (SSSR count). The van der Waals surface area contributed by atoms with Gasteiger partial charge in [-0.25, -0.2) is 0 Å². The fourth-order valence-corrected chi connectivity index (χ4v) is 1.28. The van der Waals surface area contributed by atoms with E-state index >= 15 is 0 Å². The van der Waals surface area contributed by atoms with Crippen molar-refractivity contribution in [2.75, 3.05) is 0 Å². The zero-order valence-electron chi connectivity index (χ0n) is 5.78. The van der Waals surface area contributed by atoms with E-state index < -0.39 is 0 Å². The molecule has 0 aromatic rings. The van der Waals surface area contributed by atoms with Gasteiger partial charge in [0.05, 0.1) is 0 Å². The van der Waals surface area contributed by atoms with Crippen molar-refractivity contribution < 1.29 is 0 Å². The summed E-state index contributed by atoms with van der Waals surface area (Å²) < 4.78 is 0. The van der Waals surface area contributed by atoms with Crippen LogP contribution < -0.4 is 0 Å². The van der Waals surface area contributed by atoms with Crippen molar-refractivity contribution in [3.8, 4) is 0 Å². The summed E-state index contributed by atoms with van der Waals surface area (Å²) in [6, 6.07) is 0. The van der Waals surface area contributed by atoms with Crippen molar-refractivity contribution in [3.05, 3.63) is 12.2 Å². The molecule has 0 bridgehead atoms. The average Bonchev–Trinajstić information content (AvgIpc) is 1.64. The molecule has 1 atom stereocenters. The molecule has 0 aliphatic heterocycles. The van der Waals surface area contributed by atoms with Crippen molar-refractivity contribution in [1.29, 1.82) is 0 Å². The summed E-state index contributed by atoms with van der Waals surface area (Å²) >= 11 is 0. The summed E-state index contributed by atoms with van der Waals surface area (Å²) in [5, 5.41) is 0. The molecule has 1 aliphatic rings.